The Bertz CT molecular complexity index is 674. The van der Waals surface area contributed by atoms with Crippen LogP contribution in [0.25, 0.3) is 0 Å². The fourth-order valence-corrected chi connectivity index (χ4v) is 2.36. The molecule has 0 fully saturated rings. The second-order valence-corrected chi connectivity index (χ2v) is 5.79. The number of rotatable bonds is 5. The van der Waals surface area contributed by atoms with Gasteiger partial charge in [0.1, 0.15) is 0 Å². The summed E-state index contributed by atoms with van der Waals surface area (Å²) in [5.74, 6) is -0.592. The molecule has 22 heavy (non-hydrogen) atoms. The van der Waals surface area contributed by atoms with Crippen molar-refractivity contribution in [2.24, 2.45) is 0 Å². The average molecular weight is 335 g/mol. The second-order valence-electron chi connectivity index (χ2n) is 4.47. The molecule has 6 heteroatoms. The van der Waals surface area contributed by atoms with Crippen LogP contribution in [0.5, 0.6) is 0 Å². The van der Waals surface area contributed by atoms with Crippen LogP contribution in [0.4, 0.5) is 5.69 Å². The molecule has 2 aromatic carbocycles. The normalized spacial score (nSPS) is 10.1. The summed E-state index contributed by atoms with van der Waals surface area (Å²) >= 11 is 7.36. The van der Waals surface area contributed by atoms with E-state index in [4.69, 9.17) is 11.6 Å². The van der Waals surface area contributed by atoms with Crippen LogP contribution in [0.2, 0.25) is 5.02 Å². The number of nitrogens with one attached hydrogen (secondary N) is 2. The van der Waals surface area contributed by atoms with E-state index in [0.717, 1.165) is 4.90 Å². The maximum Gasteiger partial charge on any atom is 0.251 e. The highest BCUT2D eigenvalue weighted by Crippen LogP contribution is 2.18. The van der Waals surface area contributed by atoms with Gasteiger partial charge in [-0.25, -0.2) is 0 Å². The van der Waals surface area contributed by atoms with Crippen molar-refractivity contribution in [3.63, 3.8) is 0 Å². The van der Waals surface area contributed by atoms with E-state index >= 15 is 0 Å². The van der Waals surface area contributed by atoms with Gasteiger partial charge in [0.05, 0.1) is 6.54 Å². The molecule has 0 atom stereocenters. The van der Waals surface area contributed by atoms with Crippen LogP contribution in [0, 0.1) is 0 Å². The molecular formula is C16H15ClN2O2S. The maximum absolute atomic E-state index is 11.9. The van der Waals surface area contributed by atoms with Crippen LogP contribution >= 0.6 is 23.4 Å². The molecule has 0 aliphatic carbocycles. The van der Waals surface area contributed by atoms with Gasteiger partial charge in [-0.3, -0.25) is 9.59 Å². The molecule has 2 aromatic rings. The summed E-state index contributed by atoms with van der Waals surface area (Å²) in [7, 11) is 0. The Morgan fingerprint density at radius 1 is 1.14 bits per heavy atom. The lowest BCUT2D eigenvalue weighted by atomic mass is 10.2. The molecule has 0 bridgehead atoms. The summed E-state index contributed by atoms with van der Waals surface area (Å²) in [5.41, 5.74) is 1.17. The third kappa shape index (κ3) is 4.79. The van der Waals surface area contributed by atoms with Gasteiger partial charge in [0, 0.05) is 21.2 Å². The zero-order valence-electron chi connectivity index (χ0n) is 11.9. The Morgan fingerprint density at radius 2 is 1.86 bits per heavy atom. The molecule has 2 amide bonds. The number of carbonyl (C=O) groups excluding carboxylic acids is 2. The number of hydrogen-bond donors (Lipinski definition) is 2. The first kappa shape index (κ1) is 16.4. The average Bonchev–Trinajstić information content (AvgIpc) is 2.53. The molecule has 114 valence electrons. The molecule has 2 rings (SSSR count). The zero-order chi connectivity index (χ0) is 15.9. The van der Waals surface area contributed by atoms with Crippen LogP contribution in [0.15, 0.2) is 53.4 Å². The summed E-state index contributed by atoms with van der Waals surface area (Å²) in [6, 6.07) is 14.0. The van der Waals surface area contributed by atoms with Crippen LogP contribution in [-0.4, -0.2) is 24.6 Å². The fourth-order valence-electron chi connectivity index (χ4n) is 1.77. The molecule has 2 N–H and O–H groups in total. The summed E-state index contributed by atoms with van der Waals surface area (Å²) in [6.45, 7) is -0.0923. The third-order valence-corrected chi connectivity index (χ3v) is 3.85. The molecular weight excluding hydrogens is 320 g/mol. The molecule has 0 radical (unpaired) electrons. The first-order valence-corrected chi connectivity index (χ1v) is 8.16. The highest BCUT2D eigenvalue weighted by molar-refractivity contribution is 7.98. The molecule has 0 saturated carbocycles. The summed E-state index contributed by atoms with van der Waals surface area (Å²) < 4.78 is 0. The predicted octanol–water partition coefficient (Wildman–Crippen LogP) is 3.43. The SMILES string of the molecule is CSc1cccc(NC(=O)CNC(=O)c2ccc(Cl)cc2)c1. The number of carbonyl (C=O) groups is 2. The number of thioether (sulfide) groups is 1. The van der Waals surface area contributed by atoms with E-state index in [2.05, 4.69) is 10.6 Å². The molecule has 0 unspecified atom stereocenters. The lowest BCUT2D eigenvalue weighted by molar-refractivity contribution is -0.115. The predicted molar refractivity (Wildman–Crippen MR) is 90.6 cm³/mol. The van der Waals surface area contributed by atoms with Crippen LogP contribution in [0.3, 0.4) is 0 Å². The Balaban J connectivity index is 1.87. The minimum Gasteiger partial charge on any atom is -0.343 e. The quantitative estimate of drug-likeness (QED) is 0.824. The molecule has 0 saturated heterocycles. The molecule has 0 aliphatic heterocycles. The van der Waals surface area contributed by atoms with Gasteiger partial charge in [-0.2, -0.15) is 0 Å². The van der Waals surface area contributed by atoms with Crippen molar-refractivity contribution in [2.75, 3.05) is 18.1 Å². The van der Waals surface area contributed by atoms with Crippen LogP contribution < -0.4 is 10.6 Å². The van der Waals surface area contributed by atoms with Crippen molar-refractivity contribution in [3.05, 3.63) is 59.1 Å². The minimum absolute atomic E-state index is 0.0923. The Morgan fingerprint density at radius 3 is 2.55 bits per heavy atom. The first-order valence-electron chi connectivity index (χ1n) is 6.56. The molecule has 0 aromatic heterocycles. The van der Waals surface area contributed by atoms with E-state index in [0.29, 0.717) is 16.3 Å². The molecule has 4 nitrogen and oxygen atoms in total. The van der Waals surface area contributed by atoms with E-state index in [9.17, 15) is 9.59 Å². The summed E-state index contributed by atoms with van der Waals surface area (Å²) in [4.78, 5) is 24.8. The van der Waals surface area contributed by atoms with E-state index in [-0.39, 0.29) is 18.4 Å². The van der Waals surface area contributed by atoms with Gasteiger partial charge < -0.3 is 10.6 Å². The van der Waals surface area contributed by atoms with Gasteiger partial charge in [-0.15, -0.1) is 11.8 Å². The fraction of sp³-hybridized carbons (Fsp3) is 0.125. The molecule has 0 heterocycles. The van der Waals surface area contributed by atoms with E-state index in [1.807, 2.05) is 24.5 Å². The topological polar surface area (TPSA) is 58.2 Å². The largest absolute Gasteiger partial charge is 0.343 e. The lowest BCUT2D eigenvalue weighted by Gasteiger charge is -2.08. The van der Waals surface area contributed by atoms with Crippen molar-refractivity contribution < 1.29 is 9.59 Å². The lowest BCUT2D eigenvalue weighted by Crippen LogP contribution is -2.32. The van der Waals surface area contributed by atoms with Gasteiger partial charge in [-0.1, -0.05) is 17.7 Å². The number of anilines is 1. The van der Waals surface area contributed by atoms with Crippen molar-refractivity contribution in [1.29, 1.82) is 0 Å². The van der Waals surface area contributed by atoms with Gasteiger partial charge >= 0.3 is 0 Å². The third-order valence-electron chi connectivity index (χ3n) is 2.87. The maximum atomic E-state index is 11.9. The first-order chi connectivity index (χ1) is 10.6. The summed E-state index contributed by atoms with van der Waals surface area (Å²) in [6.07, 6.45) is 1.97. The molecule has 0 aliphatic rings. The van der Waals surface area contributed by atoms with Gasteiger partial charge in [0.25, 0.3) is 5.91 Å². The van der Waals surface area contributed by atoms with Crippen molar-refractivity contribution in [3.8, 4) is 0 Å². The standard InChI is InChI=1S/C16H15ClN2O2S/c1-22-14-4-2-3-13(9-14)19-15(20)10-18-16(21)11-5-7-12(17)8-6-11/h2-9H,10H2,1H3,(H,18,21)(H,19,20). The van der Waals surface area contributed by atoms with Gasteiger partial charge in [0.15, 0.2) is 0 Å². The summed E-state index contributed by atoms with van der Waals surface area (Å²) in [5, 5.41) is 5.87. The highest BCUT2D eigenvalue weighted by Gasteiger charge is 2.08. The Kier molecular flexibility index (Phi) is 5.86. The van der Waals surface area contributed by atoms with Gasteiger partial charge in [-0.05, 0) is 48.7 Å². The minimum atomic E-state index is -0.315. The van der Waals surface area contributed by atoms with Crippen LogP contribution in [0.1, 0.15) is 10.4 Å². The molecule has 0 spiro atoms. The van der Waals surface area contributed by atoms with Gasteiger partial charge in [0.2, 0.25) is 5.91 Å². The van der Waals surface area contributed by atoms with E-state index < -0.39 is 0 Å². The van der Waals surface area contributed by atoms with Crippen molar-refractivity contribution in [2.45, 2.75) is 4.90 Å². The number of hydrogen-bond acceptors (Lipinski definition) is 3. The number of amides is 2. The number of benzene rings is 2. The monoisotopic (exact) mass is 334 g/mol. The van der Waals surface area contributed by atoms with Crippen molar-refractivity contribution >= 4 is 40.9 Å². The Hall–Kier alpha value is -1.98. The van der Waals surface area contributed by atoms with E-state index in [1.165, 1.54) is 0 Å². The van der Waals surface area contributed by atoms with Crippen LogP contribution in [-0.2, 0) is 4.79 Å². The zero-order valence-corrected chi connectivity index (χ0v) is 13.5. The van der Waals surface area contributed by atoms with E-state index in [1.54, 1.807) is 42.1 Å². The van der Waals surface area contributed by atoms with Crippen molar-refractivity contribution in [1.82, 2.24) is 5.32 Å². The Labute approximate surface area is 138 Å². The number of halogens is 1. The smallest absolute Gasteiger partial charge is 0.251 e. The highest BCUT2D eigenvalue weighted by atomic mass is 35.5. The second kappa shape index (κ2) is 7.87.